The molecule has 0 unspecified atom stereocenters. The van der Waals surface area contributed by atoms with E-state index < -0.39 is 0 Å². The molecule has 1 aliphatic heterocycles. The molecule has 1 aliphatic rings. The molecule has 1 amide bonds. The molecule has 0 spiro atoms. The predicted molar refractivity (Wildman–Crippen MR) is 99.7 cm³/mol. The maximum Gasteiger partial charge on any atom is 0.227 e. The molecule has 0 saturated carbocycles. The van der Waals surface area contributed by atoms with Crippen molar-refractivity contribution >= 4 is 5.91 Å². The van der Waals surface area contributed by atoms with Gasteiger partial charge in [-0.3, -0.25) is 9.69 Å². The number of rotatable bonds is 5. The first-order chi connectivity index (χ1) is 12.7. The maximum absolute atomic E-state index is 12.5. The van der Waals surface area contributed by atoms with Crippen LogP contribution in [0.1, 0.15) is 16.7 Å². The van der Waals surface area contributed by atoms with E-state index in [1.807, 2.05) is 53.4 Å². The Balaban J connectivity index is 1.47. The van der Waals surface area contributed by atoms with Crippen molar-refractivity contribution in [2.75, 3.05) is 33.3 Å². The second-order valence-electron chi connectivity index (χ2n) is 6.49. The van der Waals surface area contributed by atoms with Crippen LogP contribution in [0, 0.1) is 11.3 Å². The highest BCUT2D eigenvalue weighted by Gasteiger charge is 2.21. The fourth-order valence-corrected chi connectivity index (χ4v) is 3.13. The van der Waals surface area contributed by atoms with E-state index >= 15 is 0 Å². The average Bonchev–Trinajstić information content (AvgIpc) is 2.69. The van der Waals surface area contributed by atoms with Crippen LogP contribution in [0.2, 0.25) is 0 Å². The molecule has 3 rings (SSSR count). The van der Waals surface area contributed by atoms with E-state index in [-0.39, 0.29) is 5.91 Å². The van der Waals surface area contributed by atoms with E-state index in [0.29, 0.717) is 12.0 Å². The number of carbonyl (C=O) groups is 1. The summed E-state index contributed by atoms with van der Waals surface area (Å²) >= 11 is 0. The largest absolute Gasteiger partial charge is 0.497 e. The summed E-state index contributed by atoms with van der Waals surface area (Å²) in [6.07, 6.45) is 0.430. The molecular formula is C21H23N3O2. The van der Waals surface area contributed by atoms with Crippen LogP contribution in [0.15, 0.2) is 48.5 Å². The third-order valence-corrected chi connectivity index (χ3v) is 4.73. The lowest BCUT2D eigenvalue weighted by molar-refractivity contribution is -0.132. The third kappa shape index (κ3) is 4.62. The number of piperazine rings is 1. The number of methoxy groups -OCH3 is 1. The van der Waals surface area contributed by atoms with Gasteiger partial charge in [0.2, 0.25) is 5.91 Å². The van der Waals surface area contributed by atoms with Crippen molar-refractivity contribution in [3.05, 3.63) is 65.2 Å². The van der Waals surface area contributed by atoms with Gasteiger partial charge in [-0.05, 0) is 35.4 Å². The molecule has 0 bridgehead atoms. The Labute approximate surface area is 154 Å². The third-order valence-electron chi connectivity index (χ3n) is 4.73. The van der Waals surface area contributed by atoms with Gasteiger partial charge in [-0.25, -0.2) is 0 Å². The van der Waals surface area contributed by atoms with Gasteiger partial charge in [0.25, 0.3) is 0 Å². The Morgan fingerprint density at radius 3 is 2.19 bits per heavy atom. The van der Waals surface area contributed by atoms with Gasteiger partial charge in [-0.1, -0.05) is 24.3 Å². The van der Waals surface area contributed by atoms with Crippen molar-refractivity contribution in [3.63, 3.8) is 0 Å². The molecule has 26 heavy (non-hydrogen) atoms. The van der Waals surface area contributed by atoms with Crippen molar-refractivity contribution in [2.45, 2.75) is 13.0 Å². The minimum Gasteiger partial charge on any atom is -0.497 e. The molecule has 5 nitrogen and oxygen atoms in total. The van der Waals surface area contributed by atoms with E-state index in [9.17, 15) is 4.79 Å². The van der Waals surface area contributed by atoms with Crippen LogP contribution >= 0.6 is 0 Å². The number of hydrogen-bond acceptors (Lipinski definition) is 4. The molecule has 0 atom stereocenters. The standard InChI is InChI=1S/C21H23N3O2/c1-26-20-8-6-17(7-9-20)14-21(25)24-12-10-23(11-13-24)16-19-4-2-18(15-22)3-5-19/h2-9H,10-14,16H2,1H3. The summed E-state index contributed by atoms with van der Waals surface area (Å²) in [5.41, 5.74) is 2.89. The van der Waals surface area contributed by atoms with Crippen molar-refractivity contribution in [3.8, 4) is 11.8 Å². The quantitative estimate of drug-likeness (QED) is 0.832. The molecule has 2 aromatic rings. The molecular weight excluding hydrogens is 326 g/mol. The summed E-state index contributed by atoms with van der Waals surface area (Å²) in [4.78, 5) is 16.8. The summed E-state index contributed by atoms with van der Waals surface area (Å²) < 4.78 is 5.15. The summed E-state index contributed by atoms with van der Waals surface area (Å²) in [6.45, 7) is 4.10. The predicted octanol–water partition coefficient (Wildman–Crippen LogP) is 2.45. The van der Waals surface area contributed by atoms with E-state index in [0.717, 1.165) is 44.0 Å². The van der Waals surface area contributed by atoms with Gasteiger partial charge >= 0.3 is 0 Å². The van der Waals surface area contributed by atoms with Gasteiger partial charge < -0.3 is 9.64 Å². The SMILES string of the molecule is COc1ccc(CC(=O)N2CCN(Cc3ccc(C#N)cc3)CC2)cc1. The van der Waals surface area contributed by atoms with Gasteiger partial charge in [-0.2, -0.15) is 5.26 Å². The lowest BCUT2D eigenvalue weighted by Gasteiger charge is -2.34. The number of nitrogens with zero attached hydrogens (tertiary/aromatic N) is 3. The number of benzene rings is 2. The molecule has 0 aliphatic carbocycles. The van der Waals surface area contributed by atoms with Crippen LogP contribution in [0.5, 0.6) is 5.75 Å². The summed E-state index contributed by atoms with van der Waals surface area (Å²) in [5.74, 6) is 0.978. The highest BCUT2D eigenvalue weighted by Crippen LogP contribution is 2.14. The molecule has 2 aromatic carbocycles. The summed E-state index contributed by atoms with van der Waals surface area (Å²) in [5, 5.41) is 8.86. The van der Waals surface area contributed by atoms with Crippen LogP contribution < -0.4 is 4.74 Å². The van der Waals surface area contributed by atoms with Crippen LogP contribution in [-0.4, -0.2) is 49.0 Å². The number of carbonyl (C=O) groups excluding carboxylic acids is 1. The van der Waals surface area contributed by atoms with Gasteiger partial charge in [-0.15, -0.1) is 0 Å². The normalized spacial score (nSPS) is 14.7. The smallest absolute Gasteiger partial charge is 0.227 e. The molecule has 0 aromatic heterocycles. The van der Waals surface area contributed by atoms with E-state index in [2.05, 4.69) is 11.0 Å². The minimum atomic E-state index is 0.174. The van der Waals surface area contributed by atoms with Gasteiger partial charge in [0.1, 0.15) is 5.75 Å². The topological polar surface area (TPSA) is 56.6 Å². The Morgan fingerprint density at radius 2 is 1.62 bits per heavy atom. The second kappa shape index (κ2) is 8.50. The van der Waals surface area contributed by atoms with E-state index in [4.69, 9.17) is 10.00 Å². The van der Waals surface area contributed by atoms with E-state index in [1.54, 1.807) is 7.11 Å². The molecule has 0 N–H and O–H groups in total. The lowest BCUT2D eigenvalue weighted by atomic mass is 10.1. The number of hydrogen-bond donors (Lipinski definition) is 0. The maximum atomic E-state index is 12.5. The van der Waals surface area contributed by atoms with E-state index in [1.165, 1.54) is 5.56 Å². The zero-order valence-corrected chi connectivity index (χ0v) is 15.0. The van der Waals surface area contributed by atoms with Gasteiger partial charge in [0.05, 0.1) is 25.2 Å². The average molecular weight is 349 g/mol. The lowest BCUT2D eigenvalue weighted by Crippen LogP contribution is -2.48. The first-order valence-corrected chi connectivity index (χ1v) is 8.80. The summed E-state index contributed by atoms with van der Waals surface area (Å²) in [6, 6.07) is 17.5. The monoisotopic (exact) mass is 349 g/mol. The highest BCUT2D eigenvalue weighted by atomic mass is 16.5. The molecule has 134 valence electrons. The summed E-state index contributed by atoms with van der Waals surface area (Å²) in [7, 11) is 1.64. The Morgan fingerprint density at radius 1 is 1.00 bits per heavy atom. The molecule has 1 fully saturated rings. The van der Waals surface area contributed by atoms with Crippen molar-refractivity contribution in [1.29, 1.82) is 5.26 Å². The Bertz CT molecular complexity index is 770. The van der Waals surface area contributed by atoms with Crippen LogP contribution in [-0.2, 0) is 17.8 Å². The van der Waals surface area contributed by atoms with Crippen molar-refractivity contribution in [1.82, 2.24) is 9.80 Å². The highest BCUT2D eigenvalue weighted by molar-refractivity contribution is 5.79. The number of nitriles is 1. The first kappa shape index (κ1) is 18.0. The van der Waals surface area contributed by atoms with Crippen LogP contribution in [0.3, 0.4) is 0 Å². The zero-order chi connectivity index (χ0) is 18.4. The number of amides is 1. The number of ether oxygens (including phenoxy) is 1. The van der Waals surface area contributed by atoms with Crippen molar-refractivity contribution in [2.24, 2.45) is 0 Å². The zero-order valence-electron chi connectivity index (χ0n) is 15.0. The first-order valence-electron chi connectivity index (χ1n) is 8.80. The molecule has 1 heterocycles. The molecule has 1 saturated heterocycles. The Hall–Kier alpha value is -2.84. The van der Waals surface area contributed by atoms with Gasteiger partial charge in [0, 0.05) is 32.7 Å². The van der Waals surface area contributed by atoms with Crippen molar-refractivity contribution < 1.29 is 9.53 Å². The fraction of sp³-hybridized carbons (Fsp3) is 0.333. The van der Waals surface area contributed by atoms with Gasteiger partial charge in [0.15, 0.2) is 0 Å². The van der Waals surface area contributed by atoms with Crippen LogP contribution in [0.25, 0.3) is 0 Å². The second-order valence-corrected chi connectivity index (χ2v) is 6.49. The molecule has 5 heteroatoms. The Kier molecular flexibility index (Phi) is 5.88. The minimum absolute atomic E-state index is 0.174. The molecule has 0 radical (unpaired) electrons. The fourth-order valence-electron chi connectivity index (χ4n) is 3.13. The van der Waals surface area contributed by atoms with Crippen LogP contribution in [0.4, 0.5) is 0 Å².